The Morgan fingerprint density at radius 3 is 2.11 bits per heavy atom. The molecule has 0 heterocycles. The van der Waals surface area contributed by atoms with Crippen molar-refractivity contribution < 1.29 is 0 Å². The van der Waals surface area contributed by atoms with Crippen molar-refractivity contribution in [2.24, 2.45) is 5.73 Å². The molecule has 0 saturated carbocycles. The lowest BCUT2D eigenvalue weighted by atomic mass is 9.81. The SMILES string of the molecule is CC1(C)c2cc(C#N)ccc2-c2ccc(-c3ccc(-c4c(CN)ccc5ccccc45)cc3)cc21. The second kappa shape index (κ2) is 7.94. The second-order valence-corrected chi connectivity index (χ2v) is 9.86. The summed E-state index contributed by atoms with van der Waals surface area (Å²) in [5.41, 5.74) is 17.7. The molecule has 2 N–H and O–H groups in total. The van der Waals surface area contributed by atoms with Crippen molar-refractivity contribution in [3.63, 3.8) is 0 Å². The molecule has 0 spiro atoms. The number of fused-ring (bicyclic) bond motifs is 4. The Kier molecular flexibility index (Phi) is 4.85. The quantitative estimate of drug-likeness (QED) is 0.305. The van der Waals surface area contributed by atoms with Crippen LogP contribution in [0.2, 0.25) is 0 Å². The molecule has 0 amide bonds. The molecule has 2 heteroatoms. The zero-order valence-electron chi connectivity index (χ0n) is 20.0. The van der Waals surface area contributed by atoms with Crippen molar-refractivity contribution in [3.8, 4) is 39.4 Å². The summed E-state index contributed by atoms with van der Waals surface area (Å²) in [7, 11) is 0. The minimum absolute atomic E-state index is 0.146. The van der Waals surface area contributed by atoms with E-state index in [0.717, 1.165) is 5.56 Å². The van der Waals surface area contributed by atoms with Gasteiger partial charge in [0, 0.05) is 12.0 Å². The van der Waals surface area contributed by atoms with Gasteiger partial charge in [-0.15, -0.1) is 0 Å². The highest BCUT2D eigenvalue weighted by Crippen LogP contribution is 2.50. The van der Waals surface area contributed by atoms with Crippen LogP contribution in [0, 0.1) is 11.3 Å². The first-order chi connectivity index (χ1) is 17.0. The molecule has 0 saturated heterocycles. The molecular formula is C33H26N2. The molecule has 0 radical (unpaired) electrons. The fourth-order valence-corrected chi connectivity index (χ4v) is 5.64. The summed E-state index contributed by atoms with van der Waals surface area (Å²) in [5, 5.41) is 11.8. The van der Waals surface area contributed by atoms with E-state index in [9.17, 15) is 5.26 Å². The Labute approximate surface area is 206 Å². The molecule has 0 unspecified atom stereocenters. The fourth-order valence-electron chi connectivity index (χ4n) is 5.64. The molecule has 0 aliphatic heterocycles. The summed E-state index contributed by atoms with van der Waals surface area (Å²) in [4.78, 5) is 0. The molecule has 0 fully saturated rings. The van der Waals surface area contributed by atoms with E-state index in [1.807, 2.05) is 12.1 Å². The van der Waals surface area contributed by atoms with E-state index in [1.165, 1.54) is 55.3 Å². The van der Waals surface area contributed by atoms with Crippen molar-refractivity contribution in [3.05, 3.63) is 119 Å². The van der Waals surface area contributed by atoms with Crippen molar-refractivity contribution in [1.29, 1.82) is 5.26 Å². The summed E-state index contributed by atoms with van der Waals surface area (Å²) in [6, 6.07) is 36.7. The predicted octanol–water partition coefficient (Wildman–Crippen LogP) is 7.81. The lowest BCUT2D eigenvalue weighted by Gasteiger charge is -2.22. The molecule has 6 rings (SSSR count). The molecule has 0 bridgehead atoms. The van der Waals surface area contributed by atoms with Gasteiger partial charge in [0.2, 0.25) is 0 Å². The van der Waals surface area contributed by atoms with Crippen LogP contribution in [0.3, 0.4) is 0 Å². The zero-order chi connectivity index (χ0) is 24.2. The van der Waals surface area contributed by atoms with Crippen LogP contribution in [0.5, 0.6) is 0 Å². The topological polar surface area (TPSA) is 49.8 Å². The largest absolute Gasteiger partial charge is 0.326 e. The Morgan fingerprint density at radius 1 is 0.714 bits per heavy atom. The van der Waals surface area contributed by atoms with Crippen LogP contribution < -0.4 is 5.73 Å². The van der Waals surface area contributed by atoms with Crippen LogP contribution in [-0.4, -0.2) is 0 Å². The molecule has 1 aliphatic carbocycles. The number of nitrogens with zero attached hydrogens (tertiary/aromatic N) is 1. The van der Waals surface area contributed by atoms with Gasteiger partial charge in [-0.25, -0.2) is 0 Å². The lowest BCUT2D eigenvalue weighted by molar-refractivity contribution is 0.660. The van der Waals surface area contributed by atoms with Gasteiger partial charge >= 0.3 is 0 Å². The van der Waals surface area contributed by atoms with Crippen molar-refractivity contribution in [2.45, 2.75) is 25.8 Å². The number of rotatable bonds is 3. The van der Waals surface area contributed by atoms with E-state index < -0.39 is 0 Å². The van der Waals surface area contributed by atoms with Crippen LogP contribution in [0.25, 0.3) is 44.2 Å². The molecule has 5 aromatic carbocycles. The van der Waals surface area contributed by atoms with Crippen molar-refractivity contribution in [1.82, 2.24) is 0 Å². The van der Waals surface area contributed by atoms with Gasteiger partial charge in [0.05, 0.1) is 11.6 Å². The summed E-state index contributed by atoms with van der Waals surface area (Å²) in [5.74, 6) is 0. The van der Waals surface area contributed by atoms with E-state index in [0.29, 0.717) is 12.1 Å². The first kappa shape index (κ1) is 21.4. The highest BCUT2D eigenvalue weighted by Gasteiger charge is 2.35. The first-order valence-corrected chi connectivity index (χ1v) is 12.0. The molecule has 0 atom stereocenters. The minimum atomic E-state index is -0.146. The van der Waals surface area contributed by atoms with Gasteiger partial charge in [-0.05, 0) is 79.0 Å². The van der Waals surface area contributed by atoms with Gasteiger partial charge < -0.3 is 5.73 Å². The third-order valence-corrected chi connectivity index (χ3v) is 7.55. The van der Waals surface area contributed by atoms with E-state index in [1.54, 1.807) is 0 Å². The maximum absolute atomic E-state index is 9.39. The predicted molar refractivity (Wildman–Crippen MR) is 145 cm³/mol. The monoisotopic (exact) mass is 450 g/mol. The van der Waals surface area contributed by atoms with Gasteiger partial charge in [0.15, 0.2) is 0 Å². The van der Waals surface area contributed by atoms with Crippen LogP contribution in [-0.2, 0) is 12.0 Å². The number of nitriles is 1. The molecule has 5 aromatic rings. The Hall–Kier alpha value is -4.19. The second-order valence-electron chi connectivity index (χ2n) is 9.86. The van der Waals surface area contributed by atoms with Crippen molar-refractivity contribution in [2.75, 3.05) is 0 Å². The van der Waals surface area contributed by atoms with E-state index in [2.05, 4.69) is 105 Å². The third kappa shape index (κ3) is 3.28. The van der Waals surface area contributed by atoms with Gasteiger partial charge in [-0.2, -0.15) is 5.26 Å². The van der Waals surface area contributed by atoms with Crippen LogP contribution in [0.4, 0.5) is 0 Å². The zero-order valence-corrected chi connectivity index (χ0v) is 20.0. The minimum Gasteiger partial charge on any atom is -0.326 e. The number of benzene rings is 5. The molecule has 0 aromatic heterocycles. The molecule has 2 nitrogen and oxygen atoms in total. The highest BCUT2D eigenvalue weighted by molar-refractivity contribution is 5.98. The number of hydrogen-bond donors (Lipinski definition) is 1. The van der Waals surface area contributed by atoms with Gasteiger partial charge in [0.25, 0.3) is 0 Å². The molecule has 168 valence electrons. The average Bonchev–Trinajstić information content (AvgIpc) is 3.13. The number of hydrogen-bond acceptors (Lipinski definition) is 2. The maximum atomic E-state index is 9.39. The smallest absolute Gasteiger partial charge is 0.0991 e. The Morgan fingerprint density at radius 2 is 1.37 bits per heavy atom. The first-order valence-electron chi connectivity index (χ1n) is 12.0. The maximum Gasteiger partial charge on any atom is 0.0991 e. The molecule has 35 heavy (non-hydrogen) atoms. The van der Waals surface area contributed by atoms with Gasteiger partial charge in [0.1, 0.15) is 0 Å². The fraction of sp³-hybridized carbons (Fsp3) is 0.121. The highest BCUT2D eigenvalue weighted by atomic mass is 14.5. The summed E-state index contributed by atoms with van der Waals surface area (Å²) >= 11 is 0. The van der Waals surface area contributed by atoms with Gasteiger partial charge in [-0.1, -0.05) is 92.7 Å². The summed E-state index contributed by atoms with van der Waals surface area (Å²) < 4.78 is 0. The van der Waals surface area contributed by atoms with Crippen LogP contribution in [0.1, 0.15) is 36.1 Å². The van der Waals surface area contributed by atoms with E-state index in [4.69, 9.17) is 5.73 Å². The summed E-state index contributed by atoms with van der Waals surface area (Å²) in [6.07, 6.45) is 0. The van der Waals surface area contributed by atoms with E-state index >= 15 is 0 Å². The standard InChI is InChI=1S/C33H26N2/c1-33(2)30-17-21(19-34)7-15-28(30)29-16-14-25(18-31(29)33)22-8-11-24(12-9-22)32-26(20-35)13-10-23-5-3-4-6-27(23)32/h3-18H,20,35H2,1-2H3. The van der Waals surface area contributed by atoms with Crippen molar-refractivity contribution >= 4 is 10.8 Å². The van der Waals surface area contributed by atoms with E-state index in [-0.39, 0.29) is 5.41 Å². The number of nitrogens with two attached hydrogens (primary N) is 1. The molecule has 1 aliphatic rings. The Balaban J connectivity index is 1.42. The van der Waals surface area contributed by atoms with Crippen LogP contribution >= 0.6 is 0 Å². The lowest BCUT2D eigenvalue weighted by Crippen LogP contribution is -2.15. The average molecular weight is 451 g/mol. The van der Waals surface area contributed by atoms with Crippen LogP contribution in [0.15, 0.2) is 97.1 Å². The normalized spacial score (nSPS) is 13.3. The third-order valence-electron chi connectivity index (χ3n) is 7.55. The Bertz CT molecular complexity index is 1650. The summed E-state index contributed by atoms with van der Waals surface area (Å²) in [6.45, 7) is 5.01. The van der Waals surface area contributed by atoms with Gasteiger partial charge in [-0.3, -0.25) is 0 Å². The molecular weight excluding hydrogens is 424 g/mol.